The average Bonchev–Trinajstić information content (AvgIpc) is 2.79. The molecular formula is C27H34O3Si. The molecule has 0 aliphatic rings. The summed E-state index contributed by atoms with van der Waals surface area (Å²) in [6.45, 7) is 8.28. The molecule has 0 bridgehead atoms. The summed E-state index contributed by atoms with van der Waals surface area (Å²) in [6, 6.07) is 31.3. The van der Waals surface area contributed by atoms with Crippen LogP contribution in [0.1, 0.15) is 26.3 Å². The standard InChI is InChI=1S/C27H34O3Si/c1-27(2,3)31(25-15-9-5-10-16-25,26-17-11-6-12-18-26)30-22-24(19-28)21-29-20-23-13-7-4-8-14-23/h4-18,24,28H,19-22H2,1-3H3/t24-/m0/s1. The van der Waals surface area contributed by atoms with Crippen LogP contribution in [0, 0.1) is 5.92 Å². The van der Waals surface area contributed by atoms with Gasteiger partial charge in [-0.15, -0.1) is 0 Å². The van der Waals surface area contributed by atoms with E-state index in [0.29, 0.717) is 19.8 Å². The first-order valence-corrected chi connectivity index (χ1v) is 12.9. The summed E-state index contributed by atoms with van der Waals surface area (Å²) in [5, 5.41) is 12.4. The third-order valence-corrected chi connectivity index (χ3v) is 10.7. The Morgan fingerprint density at radius 3 is 1.68 bits per heavy atom. The highest BCUT2D eigenvalue weighted by molar-refractivity contribution is 6.99. The van der Waals surface area contributed by atoms with E-state index in [1.165, 1.54) is 10.4 Å². The molecular weight excluding hydrogens is 400 g/mol. The van der Waals surface area contributed by atoms with E-state index in [0.717, 1.165) is 5.56 Å². The highest BCUT2D eigenvalue weighted by Gasteiger charge is 2.50. The van der Waals surface area contributed by atoms with Crippen molar-refractivity contribution in [3.05, 3.63) is 96.6 Å². The fourth-order valence-electron chi connectivity index (χ4n) is 4.08. The molecule has 0 saturated carbocycles. The van der Waals surface area contributed by atoms with Gasteiger partial charge in [0.05, 0.1) is 19.8 Å². The lowest BCUT2D eigenvalue weighted by molar-refractivity contribution is 0.0403. The highest BCUT2D eigenvalue weighted by Crippen LogP contribution is 2.37. The van der Waals surface area contributed by atoms with Crippen molar-refractivity contribution in [1.29, 1.82) is 0 Å². The van der Waals surface area contributed by atoms with Gasteiger partial charge in [0.2, 0.25) is 0 Å². The van der Waals surface area contributed by atoms with Crippen molar-refractivity contribution >= 4 is 18.7 Å². The zero-order chi connectivity index (χ0) is 22.2. The molecule has 0 aliphatic carbocycles. The topological polar surface area (TPSA) is 38.7 Å². The van der Waals surface area contributed by atoms with Crippen LogP contribution < -0.4 is 10.4 Å². The Hall–Kier alpha value is -2.24. The van der Waals surface area contributed by atoms with Crippen LogP contribution in [0.2, 0.25) is 5.04 Å². The summed E-state index contributed by atoms with van der Waals surface area (Å²) in [5.41, 5.74) is 1.13. The summed E-state index contributed by atoms with van der Waals surface area (Å²) in [7, 11) is -2.60. The Labute approximate surface area is 187 Å². The molecule has 0 fully saturated rings. The number of hydrogen-bond acceptors (Lipinski definition) is 3. The quantitative estimate of drug-likeness (QED) is 0.481. The van der Waals surface area contributed by atoms with Crippen LogP contribution in [-0.4, -0.2) is 33.2 Å². The largest absolute Gasteiger partial charge is 0.407 e. The van der Waals surface area contributed by atoms with Crippen molar-refractivity contribution in [2.24, 2.45) is 5.92 Å². The van der Waals surface area contributed by atoms with Gasteiger partial charge < -0.3 is 14.3 Å². The summed E-state index contributed by atoms with van der Waals surface area (Å²) in [4.78, 5) is 0. The molecule has 0 unspecified atom stereocenters. The minimum atomic E-state index is -2.60. The Kier molecular flexibility index (Phi) is 8.21. The molecule has 1 N–H and O–H groups in total. The average molecular weight is 435 g/mol. The number of ether oxygens (including phenoxy) is 1. The molecule has 0 heterocycles. The predicted octanol–water partition coefficient (Wildman–Crippen LogP) is 4.39. The van der Waals surface area contributed by atoms with Crippen LogP contribution in [0.15, 0.2) is 91.0 Å². The second kappa shape index (κ2) is 10.9. The highest BCUT2D eigenvalue weighted by atomic mass is 28.4. The van der Waals surface area contributed by atoms with Crippen molar-refractivity contribution in [3.8, 4) is 0 Å². The number of benzene rings is 3. The summed E-state index contributed by atoms with van der Waals surface area (Å²) < 4.78 is 12.8. The van der Waals surface area contributed by atoms with E-state index in [4.69, 9.17) is 9.16 Å². The minimum absolute atomic E-state index is 0.0347. The Balaban J connectivity index is 1.81. The van der Waals surface area contributed by atoms with Crippen LogP contribution in [0.25, 0.3) is 0 Å². The molecule has 0 aliphatic heterocycles. The van der Waals surface area contributed by atoms with E-state index < -0.39 is 8.32 Å². The van der Waals surface area contributed by atoms with Crippen molar-refractivity contribution < 1.29 is 14.3 Å². The number of hydrogen-bond donors (Lipinski definition) is 1. The van der Waals surface area contributed by atoms with Crippen LogP contribution in [-0.2, 0) is 15.8 Å². The summed E-state index contributed by atoms with van der Waals surface area (Å²) in [6.07, 6.45) is 0. The summed E-state index contributed by atoms with van der Waals surface area (Å²) in [5.74, 6) is -0.0784. The maximum atomic E-state index is 10.0. The third-order valence-electron chi connectivity index (χ3n) is 5.68. The lowest BCUT2D eigenvalue weighted by Gasteiger charge is -2.43. The fourth-order valence-corrected chi connectivity index (χ4v) is 8.72. The molecule has 3 aromatic rings. The predicted molar refractivity (Wildman–Crippen MR) is 130 cm³/mol. The smallest absolute Gasteiger partial charge is 0.261 e. The summed E-state index contributed by atoms with van der Waals surface area (Å²) >= 11 is 0. The molecule has 3 aromatic carbocycles. The van der Waals surface area contributed by atoms with E-state index in [1.54, 1.807) is 0 Å². The lowest BCUT2D eigenvalue weighted by atomic mass is 10.2. The number of aliphatic hydroxyl groups excluding tert-OH is 1. The zero-order valence-electron chi connectivity index (χ0n) is 18.8. The maximum Gasteiger partial charge on any atom is 0.261 e. The first-order valence-electron chi connectivity index (χ1n) is 10.9. The zero-order valence-corrected chi connectivity index (χ0v) is 19.8. The van der Waals surface area contributed by atoms with E-state index in [9.17, 15) is 5.11 Å². The number of rotatable bonds is 10. The van der Waals surface area contributed by atoms with E-state index in [-0.39, 0.29) is 17.6 Å². The van der Waals surface area contributed by atoms with Gasteiger partial charge in [-0.05, 0) is 21.0 Å². The maximum absolute atomic E-state index is 10.0. The Morgan fingerprint density at radius 2 is 1.23 bits per heavy atom. The monoisotopic (exact) mass is 434 g/mol. The van der Waals surface area contributed by atoms with Gasteiger partial charge in [0.25, 0.3) is 8.32 Å². The van der Waals surface area contributed by atoms with Gasteiger partial charge in [-0.3, -0.25) is 0 Å². The van der Waals surface area contributed by atoms with Crippen LogP contribution in [0.3, 0.4) is 0 Å². The molecule has 1 atom stereocenters. The molecule has 4 heteroatoms. The first-order chi connectivity index (χ1) is 15.0. The van der Waals surface area contributed by atoms with Gasteiger partial charge in [-0.1, -0.05) is 112 Å². The molecule has 0 aromatic heterocycles. The van der Waals surface area contributed by atoms with Gasteiger partial charge in [0, 0.05) is 12.5 Å². The van der Waals surface area contributed by atoms with Crippen LogP contribution in [0.4, 0.5) is 0 Å². The normalized spacial score (nSPS) is 13.2. The molecule has 3 rings (SSSR count). The van der Waals surface area contributed by atoms with Crippen LogP contribution in [0.5, 0.6) is 0 Å². The number of aliphatic hydroxyl groups is 1. The van der Waals surface area contributed by atoms with Gasteiger partial charge in [0.15, 0.2) is 0 Å². The van der Waals surface area contributed by atoms with E-state index in [1.807, 2.05) is 42.5 Å². The van der Waals surface area contributed by atoms with E-state index in [2.05, 4.69) is 69.3 Å². The molecule has 164 valence electrons. The first kappa shape index (κ1) is 23.4. The fraction of sp³-hybridized carbons (Fsp3) is 0.333. The molecule has 0 saturated heterocycles. The molecule has 0 spiro atoms. The van der Waals surface area contributed by atoms with Crippen molar-refractivity contribution in [1.82, 2.24) is 0 Å². The second-order valence-electron chi connectivity index (χ2n) is 9.02. The molecule has 0 amide bonds. The lowest BCUT2D eigenvalue weighted by Crippen LogP contribution is -2.67. The third kappa shape index (κ3) is 5.72. The molecule has 0 radical (unpaired) electrons. The SMILES string of the molecule is CC(C)(C)[Si](OC[C@@H](CO)COCc1ccccc1)(c1ccccc1)c1ccccc1. The second-order valence-corrected chi connectivity index (χ2v) is 13.3. The van der Waals surface area contributed by atoms with Gasteiger partial charge in [0.1, 0.15) is 0 Å². The molecule has 31 heavy (non-hydrogen) atoms. The van der Waals surface area contributed by atoms with Gasteiger partial charge >= 0.3 is 0 Å². The minimum Gasteiger partial charge on any atom is -0.407 e. The molecule has 3 nitrogen and oxygen atoms in total. The Bertz CT molecular complexity index is 853. The van der Waals surface area contributed by atoms with Crippen LogP contribution >= 0.6 is 0 Å². The Morgan fingerprint density at radius 1 is 0.742 bits per heavy atom. The van der Waals surface area contributed by atoms with Crippen molar-refractivity contribution in [3.63, 3.8) is 0 Å². The van der Waals surface area contributed by atoms with Crippen molar-refractivity contribution in [2.75, 3.05) is 19.8 Å². The van der Waals surface area contributed by atoms with E-state index >= 15 is 0 Å². The van der Waals surface area contributed by atoms with Crippen molar-refractivity contribution in [2.45, 2.75) is 32.4 Å². The van der Waals surface area contributed by atoms with Gasteiger partial charge in [-0.2, -0.15) is 0 Å². The van der Waals surface area contributed by atoms with Gasteiger partial charge in [-0.25, -0.2) is 0 Å².